The number of carbonyl (C=O) groups excluding carboxylic acids is 1. The molecule has 0 bridgehead atoms. The first-order valence-corrected chi connectivity index (χ1v) is 9.84. The Morgan fingerprint density at radius 3 is 2.54 bits per heavy atom. The van der Waals surface area contributed by atoms with E-state index in [1.807, 2.05) is 35.8 Å². The van der Waals surface area contributed by atoms with Gasteiger partial charge < -0.3 is 10.1 Å². The molecule has 6 nitrogen and oxygen atoms in total. The quantitative estimate of drug-likeness (QED) is 0.456. The summed E-state index contributed by atoms with van der Waals surface area (Å²) in [6.07, 6.45) is 0. The molecule has 0 aliphatic carbocycles. The van der Waals surface area contributed by atoms with Gasteiger partial charge in [0.1, 0.15) is 5.82 Å². The fourth-order valence-electron chi connectivity index (χ4n) is 2.54. The van der Waals surface area contributed by atoms with Gasteiger partial charge >= 0.3 is 5.97 Å². The van der Waals surface area contributed by atoms with Crippen LogP contribution in [0, 0.1) is 12.7 Å². The number of halogens is 1. The summed E-state index contributed by atoms with van der Waals surface area (Å²) in [4.78, 5) is 11.7. The van der Waals surface area contributed by atoms with Gasteiger partial charge in [-0.3, -0.25) is 9.36 Å². The first-order chi connectivity index (χ1) is 13.6. The van der Waals surface area contributed by atoms with Gasteiger partial charge in [-0.05, 0) is 50.2 Å². The molecule has 0 aliphatic rings. The summed E-state index contributed by atoms with van der Waals surface area (Å²) in [7, 11) is 0. The fourth-order valence-corrected chi connectivity index (χ4v) is 3.31. The van der Waals surface area contributed by atoms with Crippen LogP contribution in [0.3, 0.4) is 0 Å². The Morgan fingerprint density at radius 1 is 1.14 bits per heavy atom. The molecule has 0 atom stereocenters. The largest absolute Gasteiger partial charge is 0.465 e. The van der Waals surface area contributed by atoms with E-state index in [0.29, 0.717) is 24.1 Å². The van der Waals surface area contributed by atoms with Crippen molar-refractivity contribution in [1.29, 1.82) is 0 Å². The lowest BCUT2D eigenvalue weighted by molar-refractivity contribution is -0.139. The van der Waals surface area contributed by atoms with Crippen molar-refractivity contribution in [2.45, 2.75) is 25.5 Å². The molecular formula is C20H21FN4O2S. The van der Waals surface area contributed by atoms with E-state index >= 15 is 0 Å². The Labute approximate surface area is 167 Å². The van der Waals surface area contributed by atoms with E-state index in [9.17, 15) is 9.18 Å². The van der Waals surface area contributed by atoms with E-state index in [0.717, 1.165) is 16.9 Å². The molecule has 0 radical (unpaired) electrons. The number of ether oxygens (including phenoxy) is 1. The lowest BCUT2D eigenvalue weighted by Gasteiger charge is -2.12. The van der Waals surface area contributed by atoms with Gasteiger partial charge in [0.2, 0.25) is 0 Å². The number of aromatic nitrogens is 3. The number of nitrogens with zero attached hydrogens (tertiary/aromatic N) is 3. The number of esters is 1. The SMILES string of the molecule is CCOC(=O)CSc1nnc(CNc2ccc(F)cc2)n1-c1ccc(C)cc1. The number of nitrogens with one attached hydrogen (secondary N) is 1. The third-order valence-electron chi connectivity index (χ3n) is 3.91. The molecule has 1 N–H and O–H groups in total. The Bertz CT molecular complexity index is 926. The Balaban J connectivity index is 1.83. The van der Waals surface area contributed by atoms with Crippen molar-refractivity contribution in [3.8, 4) is 5.69 Å². The van der Waals surface area contributed by atoms with E-state index < -0.39 is 0 Å². The third kappa shape index (κ3) is 5.10. The van der Waals surface area contributed by atoms with E-state index in [-0.39, 0.29) is 17.5 Å². The highest BCUT2D eigenvalue weighted by atomic mass is 32.2. The van der Waals surface area contributed by atoms with Crippen LogP contribution in [-0.4, -0.2) is 33.1 Å². The van der Waals surface area contributed by atoms with E-state index in [1.165, 1.54) is 23.9 Å². The van der Waals surface area contributed by atoms with Crippen molar-refractivity contribution < 1.29 is 13.9 Å². The molecule has 146 valence electrons. The number of hydrogen-bond acceptors (Lipinski definition) is 6. The van der Waals surface area contributed by atoms with Crippen LogP contribution in [0.2, 0.25) is 0 Å². The van der Waals surface area contributed by atoms with Crippen LogP contribution in [0.5, 0.6) is 0 Å². The van der Waals surface area contributed by atoms with E-state index in [1.54, 1.807) is 19.1 Å². The van der Waals surface area contributed by atoms with Gasteiger partial charge in [0, 0.05) is 11.4 Å². The minimum absolute atomic E-state index is 0.156. The van der Waals surface area contributed by atoms with Gasteiger partial charge in [0.05, 0.1) is 18.9 Å². The van der Waals surface area contributed by atoms with Crippen LogP contribution >= 0.6 is 11.8 Å². The predicted octanol–water partition coefficient (Wildman–Crippen LogP) is 3.98. The van der Waals surface area contributed by atoms with Crippen LogP contribution in [0.1, 0.15) is 18.3 Å². The van der Waals surface area contributed by atoms with Gasteiger partial charge in [-0.2, -0.15) is 0 Å². The summed E-state index contributed by atoms with van der Waals surface area (Å²) in [5, 5.41) is 12.3. The Morgan fingerprint density at radius 2 is 1.86 bits per heavy atom. The molecule has 0 saturated heterocycles. The standard InChI is InChI=1S/C20H21FN4O2S/c1-3-27-19(26)13-28-20-24-23-18(12-22-16-8-6-15(21)7-9-16)25(20)17-10-4-14(2)5-11-17/h4-11,22H,3,12-13H2,1-2H3. The number of thioether (sulfide) groups is 1. The maximum absolute atomic E-state index is 13.1. The van der Waals surface area contributed by atoms with Crippen LogP contribution in [0.25, 0.3) is 5.69 Å². The number of anilines is 1. The highest BCUT2D eigenvalue weighted by Crippen LogP contribution is 2.23. The van der Waals surface area contributed by atoms with Crippen LogP contribution in [-0.2, 0) is 16.1 Å². The number of aryl methyl sites for hydroxylation is 1. The molecule has 0 fully saturated rings. The highest BCUT2D eigenvalue weighted by Gasteiger charge is 2.16. The van der Waals surface area contributed by atoms with Gasteiger partial charge in [-0.25, -0.2) is 4.39 Å². The molecule has 28 heavy (non-hydrogen) atoms. The zero-order valence-electron chi connectivity index (χ0n) is 15.7. The maximum Gasteiger partial charge on any atom is 0.316 e. The number of benzene rings is 2. The molecule has 0 unspecified atom stereocenters. The van der Waals surface area contributed by atoms with Crippen molar-refractivity contribution in [3.63, 3.8) is 0 Å². The number of carbonyl (C=O) groups is 1. The van der Waals surface area contributed by atoms with Gasteiger partial charge in [-0.1, -0.05) is 29.5 Å². The summed E-state index contributed by atoms with van der Waals surface area (Å²) >= 11 is 1.28. The molecule has 0 saturated carbocycles. The van der Waals surface area contributed by atoms with Crippen molar-refractivity contribution in [2.24, 2.45) is 0 Å². The van der Waals surface area contributed by atoms with Crippen molar-refractivity contribution in [3.05, 3.63) is 65.7 Å². The summed E-state index contributed by atoms with van der Waals surface area (Å²) in [5.41, 5.74) is 2.82. The molecule has 0 amide bonds. The van der Waals surface area contributed by atoms with Crippen LogP contribution in [0.15, 0.2) is 53.7 Å². The fraction of sp³-hybridized carbons (Fsp3) is 0.250. The highest BCUT2D eigenvalue weighted by molar-refractivity contribution is 7.99. The van der Waals surface area contributed by atoms with Crippen LogP contribution in [0.4, 0.5) is 10.1 Å². The first kappa shape index (κ1) is 19.9. The molecule has 2 aromatic carbocycles. The minimum atomic E-state index is -0.294. The topological polar surface area (TPSA) is 69.0 Å². The minimum Gasteiger partial charge on any atom is -0.465 e. The number of hydrogen-bond donors (Lipinski definition) is 1. The smallest absolute Gasteiger partial charge is 0.316 e. The summed E-state index contributed by atoms with van der Waals surface area (Å²) in [6.45, 7) is 4.53. The molecule has 8 heteroatoms. The number of rotatable bonds is 8. The molecule has 0 spiro atoms. The van der Waals surface area contributed by atoms with Crippen LogP contribution < -0.4 is 5.32 Å². The second kappa shape index (κ2) is 9.36. The molecule has 0 aliphatic heterocycles. The van der Waals surface area contributed by atoms with E-state index in [4.69, 9.17) is 4.74 Å². The second-order valence-electron chi connectivity index (χ2n) is 6.02. The Hall–Kier alpha value is -2.87. The zero-order valence-corrected chi connectivity index (χ0v) is 16.5. The van der Waals surface area contributed by atoms with Crippen molar-refractivity contribution in [1.82, 2.24) is 14.8 Å². The molecule has 3 aromatic rings. The predicted molar refractivity (Wildman–Crippen MR) is 107 cm³/mol. The molecule has 3 rings (SSSR count). The monoisotopic (exact) mass is 400 g/mol. The molecule has 1 heterocycles. The van der Waals surface area contributed by atoms with E-state index in [2.05, 4.69) is 15.5 Å². The third-order valence-corrected chi connectivity index (χ3v) is 4.81. The normalized spacial score (nSPS) is 10.7. The van der Waals surface area contributed by atoms with Gasteiger partial charge in [0.25, 0.3) is 0 Å². The van der Waals surface area contributed by atoms with Crippen molar-refractivity contribution >= 4 is 23.4 Å². The van der Waals surface area contributed by atoms with Gasteiger partial charge in [-0.15, -0.1) is 10.2 Å². The second-order valence-corrected chi connectivity index (χ2v) is 6.97. The maximum atomic E-state index is 13.1. The van der Waals surface area contributed by atoms with Gasteiger partial charge in [0.15, 0.2) is 11.0 Å². The Kier molecular flexibility index (Phi) is 6.65. The summed E-state index contributed by atoms with van der Waals surface area (Å²) in [6, 6.07) is 14.1. The van der Waals surface area contributed by atoms with Crippen molar-refractivity contribution in [2.75, 3.05) is 17.7 Å². The lowest BCUT2D eigenvalue weighted by atomic mass is 10.2. The molecule has 1 aromatic heterocycles. The average molecular weight is 400 g/mol. The lowest BCUT2D eigenvalue weighted by Crippen LogP contribution is -2.10. The molecular weight excluding hydrogens is 379 g/mol. The summed E-state index contributed by atoms with van der Waals surface area (Å²) in [5.74, 6) is 0.256. The average Bonchev–Trinajstić information content (AvgIpc) is 3.10. The zero-order chi connectivity index (χ0) is 19.9. The summed E-state index contributed by atoms with van der Waals surface area (Å²) < 4.78 is 20.0. The first-order valence-electron chi connectivity index (χ1n) is 8.86.